The van der Waals surface area contributed by atoms with E-state index in [0.29, 0.717) is 30.9 Å². The summed E-state index contributed by atoms with van der Waals surface area (Å²) in [6.07, 6.45) is 0.543. The molecule has 0 radical (unpaired) electrons. The molecular weight excluding hydrogens is 596 g/mol. The smallest absolute Gasteiger partial charge is 0.306 e. The van der Waals surface area contributed by atoms with Gasteiger partial charge in [-0.3, -0.25) is 15.0 Å². The van der Waals surface area contributed by atoms with Crippen LogP contribution >= 0.6 is 0 Å². The van der Waals surface area contributed by atoms with Gasteiger partial charge in [0.25, 0.3) is 5.91 Å². The summed E-state index contributed by atoms with van der Waals surface area (Å²) in [6.45, 7) is 7.29. The molecule has 1 amide bonds. The van der Waals surface area contributed by atoms with Gasteiger partial charge in [0.2, 0.25) is 5.90 Å². The van der Waals surface area contributed by atoms with Crippen molar-refractivity contribution in [1.29, 1.82) is 0 Å². The minimum Gasteiger partial charge on any atom is -0.494 e. The number of ether oxygens (including phenoxy) is 3. The Morgan fingerprint density at radius 2 is 1.60 bits per heavy atom. The SMILES string of the molecule is CN(C)CCCNNC(=O)[C@@]1(CCC(=O)OC(C)(C)C)N=C(c2ccc(OCCCO)cc2)O[C@H]1c1ccc(-c2ccccc2)cc1. The molecule has 0 fully saturated rings. The van der Waals surface area contributed by atoms with Crippen molar-refractivity contribution < 1.29 is 28.9 Å². The lowest BCUT2D eigenvalue weighted by Gasteiger charge is -2.31. The van der Waals surface area contributed by atoms with Gasteiger partial charge in [0, 0.05) is 31.6 Å². The second-order valence-electron chi connectivity index (χ2n) is 12.9. The fourth-order valence-electron chi connectivity index (χ4n) is 5.27. The molecule has 47 heavy (non-hydrogen) atoms. The Bertz CT molecular complexity index is 1470. The van der Waals surface area contributed by atoms with Crippen LogP contribution in [0.25, 0.3) is 11.1 Å². The summed E-state index contributed by atoms with van der Waals surface area (Å²) in [4.78, 5) is 34.3. The minimum atomic E-state index is -1.48. The van der Waals surface area contributed by atoms with E-state index in [1.807, 2.05) is 102 Å². The van der Waals surface area contributed by atoms with E-state index in [4.69, 9.17) is 24.3 Å². The average Bonchev–Trinajstić information content (AvgIpc) is 3.44. The molecule has 0 aromatic heterocycles. The molecular formula is C37H48N4O6. The number of esters is 1. The first-order valence-corrected chi connectivity index (χ1v) is 16.2. The summed E-state index contributed by atoms with van der Waals surface area (Å²) in [5.74, 6) is 0.109. The second-order valence-corrected chi connectivity index (χ2v) is 12.9. The molecule has 10 heteroatoms. The lowest BCUT2D eigenvalue weighted by Crippen LogP contribution is -2.53. The number of hydrogen-bond donors (Lipinski definition) is 3. The summed E-state index contributed by atoms with van der Waals surface area (Å²) < 4.78 is 17.9. The van der Waals surface area contributed by atoms with Gasteiger partial charge < -0.3 is 24.2 Å². The maximum Gasteiger partial charge on any atom is 0.306 e. The number of hydrazine groups is 1. The van der Waals surface area contributed by atoms with Crippen molar-refractivity contribution in [1.82, 2.24) is 15.8 Å². The van der Waals surface area contributed by atoms with Crippen molar-refractivity contribution in [2.45, 2.75) is 63.7 Å². The van der Waals surface area contributed by atoms with Crippen LogP contribution in [0.4, 0.5) is 0 Å². The molecule has 0 unspecified atom stereocenters. The lowest BCUT2D eigenvalue weighted by atomic mass is 9.83. The molecule has 0 saturated heterocycles. The van der Waals surface area contributed by atoms with E-state index in [9.17, 15) is 9.59 Å². The number of benzene rings is 3. The van der Waals surface area contributed by atoms with E-state index in [2.05, 4.69) is 15.8 Å². The zero-order valence-electron chi connectivity index (χ0n) is 28.1. The van der Waals surface area contributed by atoms with Crippen LogP contribution in [-0.2, 0) is 19.1 Å². The topological polar surface area (TPSA) is 122 Å². The number of hydrogen-bond acceptors (Lipinski definition) is 9. The number of rotatable bonds is 16. The van der Waals surface area contributed by atoms with Crippen molar-refractivity contribution >= 4 is 17.8 Å². The van der Waals surface area contributed by atoms with Crippen molar-refractivity contribution in [2.24, 2.45) is 4.99 Å². The lowest BCUT2D eigenvalue weighted by molar-refractivity contribution is -0.155. The van der Waals surface area contributed by atoms with E-state index in [1.165, 1.54) is 0 Å². The minimum absolute atomic E-state index is 0.0400. The van der Waals surface area contributed by atoms with E-state index < -0.39 is 29.1 Å². The molecule has 3 aromatic rings. The number of carbonyl (C=O) groups is 2. The van der Waals surface area contributed by atoms with Gasteiger partial charge in [-0.1, -0.05) is 54.6 Å². The van der Waals surface area contributed by atoms with Crippen LogP contribution in [-0.4, -0.2) is 79.3 Å². The molecule has 252 valence electrons. The highest BCUT2D eigenvalue weighted by Crippen LogP contribution is 2.43. The molecule has 2 atom stereocenters. The fraction of sp³-hybridized carbons (Fsp3) is 0.432. The van der Waals surface area contributed by atoms with E-state index >= 15 is 0 Å². The zero-order valence-corrected chi connectivity index (χ0v) is 28.1. The molecule has 4 rings (SSSR count). The molecule has 3 aromatic carbocycles. The molecule has 1 heterocycles. The molecule has 3 N–H and O–H groups in total. The van der Waals surface area contributed by atoms with Gasteiger partial charge in [-0.2, -0.15) is 0 Å². The summed E-state index contributed by atoms with van der Waals surface area (Å²) in [5, 5.41) is 9.07. The van der Waals surface area contributed by atoms with Crippen LogP contribution in [0.1, 0.15) is 63.7 Å². The highest BCUT2D eigenvalue weighted by atomic mass is 16.6. The predicted molar refractivity (Wildman–Crippen MR) is 183 cm³/mol. The Morgan fingerprint density at radius 3 is 2.23 bits per heavy atom. The molecule has 1 aliphatic heterocycles. The van der Waals surface area contributed by atoms with Gasteiger partial charge >= 0.3 is 5.97 Å². The third-order valence-corrected chi connectivity index (χ3v) is 7.59. The largest absolute Gasteiger partial charge is 0.494 e. The van der Waals surface area contributed by atoms with E-state index in [-0.39, 0.29) is 25.3 Å². The summed E-state index contributed by atoms with van der Waals surface area (Å²) in [6, 6.07) is 25.2. The summed E-state index contributed by atoms with van der Waals surface area (Å²) >= 11 is 0. The Labute approximate surface area is 278 Å². The highest BCUT2D eigenvalue weighted by molar-refractivity contribution is 6.01. The van der Waals surface area contributed by atoms with Crippen LogP contribution in [0, 0.1) is 0 Å². The van der Waals surface area contributed by atoms with E-state index in [1.54, 1.807) is 12.1 Å². The normalized spacial score (nSPS) is 17.6. The molecule has 0 bridgehead atoms. The Balaban J connectivity index is 1.70. The highest BCUT2D eigenvalue weighted by Gasteiger charge is 2.53. The van der Waals surface area contributed by atoms with Gasteiger partial charge in [0.1, 0.15) is 11.4 Å². The number of nitrogens with zero attached hydrogens (tertiary/aromatic N) is 2. The van der Waals surface area contributed by atoms with Gasteiger partial charge in [-0.15, -0.1) is 0 Å². The monoisotopic (exact) mass is 644 g/mol. The predicted octanol–water partition coefficient (Wildman–Crippen LogP) is 5.07. The summed E-state index contributed by atoms with van der Waals surface area (Å²) in [5.41, 5.74) is 7.28. The van der Waals surface area contributed by atoms with Crippen LogP contribution < -0.4 is 15.6 Å². The number of aliphatic hydroxyl groups is 1. The molecule has 0 saturated carbocycles. The average molecular weight is 645 g/mol. The van der Waals surface area contributed by atoms with Crippen LogP contribution in [0.2, 0.25) is 0 Å². The second kappa shape index (κ2) is 16.5. The van der Waals surface area contributed by atoms with Gasteiger partial charge in [-0.05, 0) is 95.2 Å². The number of aliphatic imine (C=N–C) groups is 1. The third-order valence-electron chi connectivity index (χ3n) is 7.59. The van der Waals surface area contributed by atoms with Crippen molar-refractivity contribution in [3.8, 4) is 16.9 Å². The molecule has 0 aliphatic carbocycles. The Hall–Kier alpha value is -4.25. The Kier molecular flexibility index (Phi) is 12.5. The maximum absolute atomic E-state index is 14.2. The van der Waals surface area contributed by atoms with Gasteiger partial charge in [0.05, 0.1) is 6.61 Å². The quantitative estimate of drug-likeness (QED) is 0.112. The molecule has 0 spiro atoms. The third kappa shape index (κ3) is 10.1. The van der Waals surface area contributed by atoms with Crippen molar-refractivity contribution in [3.05, 3.63) is 90.0 Å². The first-order chi connectivity index (χ1) is 22.5. The van der Waals surface area contributed by atoms with Crippen molar-refractivity contribution in [3.63, 3.8) is 0 Å². The fourth-order valence-corrected chi connectivity index (χ4v) is 5.27. The van der Waals surface area contributed by atoms with E-state index in [0.717, 1.165) is 29.7 Å². The first-order valence-electron chi connectivity index (χ1n) is 16.2. The maximum atomic E-state index is 14.2. The van der Waals surface area contributed by atoms with Crippen LogP contribution in [0.15, 0.2) is 83.9 Å². The number of amides is 1. The van der Waals surface area contributed by atoms with Gasteiger partial charge in [0.15, 0.2) is 11.6 Å². The number of carbonyl (C=O) groups excluding carboxylic acids is 2. The zero-order chi connectivity index (χ0) is 33.9. The molecule has 10 nitrogen and oxygen atoms in total. The van der Waals surface area contributed by atoms with Crippen LogP contribution in [0.3, 0.4) is 0 Å². The van der Waals surface area contributed by atoms with Gasteiger partial charge in [-0.25, -0.2) is 10.4 Å². The number of nitrogens with one attached hydrogen (secondary N) is 2. The molecule has 1 aliphatic rings. The van der Waals surface area contributed by atoms with Crippen molar-refractivity contribution in [2.75, 3.05) is 40.4 Å². The summed E-state index contributed by atoms with van der Waals surface area (Å²) in [7, 11) is 4.00. The Morgan fingerprint density at radius 1 is 0.936 bits per heavy atom. The standard InChI is InChI=1S/C37H48N4O6/c1-36(2,3)47-32(43)21-22-37(35(44)40-38-23-9-24-41(4)5)33(29-15-13-28(14-16-29)27-11-7-6-8-12-27)46-34(39-37)30-17-19-31(20-18-30)45-26-10-25-42/h6-8,11-20,33,38,42H,9-10,21-26H2,1-5H3,(H,40,44)/t33-,37-/m0/s1. The first kappa shape index (κ1) is 35.6. The number of aliphatic hydroxyl groups excluding tert-OH is 1. The van der Waals surface area contributed by atoms with Crippen LogP contribution in [0.5, 0.6) is 5.75 Å².